The molecule has 0 saturated carbocycles. The molecule has 136 valence electrons. The maximum Gasteiger partial charge on any atom is 0.233 e. The van der Waals surface area contributed by atoms with Crippen molar-refractivity contribution < 1.29 is 13.2 Å². The van der Waals surface area contributed by atoms with Gasteiger partial charge in [0.2, 0.25) is 5.91 Å². The molecule has 1 aliphatic rings. The van der Waals surface area contributed by atoms with Crippen LogP contribution in [-0.4, -0.2) is 59.0 Å². The Balaban J connectivity index is 1.67. The zero-order chi connectivity index (χ0) is 18.0. The van der Waals surface area contributed by atoms with Gasteiger partial charge in [-0.15, -0.1) is 0 Å². The summed E-state index contributed by atoms with van der Waals surface area (Å²) in [5.41, 5.74) is 1.82. The van der Waals surface area contributed by atoms with Crippen molar-refractivity contribution in [2.45, 2.75) is 31.5 Å². The van der Waals surface area contributed by atoms with E-state index in [-0.39, 0.29) is 29.2 Å². The molecule has 0 spiro atoms. The summed E-state index contributed by atoms with van der Waals surface area (Å²) < 4.78 is 23.5. The van der Waals surface area contributed by atoms with E-state index in [0.29, 0.717) is 24.0 Å². The summed E-state index contributed by atoms with van der Waals surface area (Å²) in [6.07, 6.45) is 0.538. The first-order valence-electron chi connectivity index (χ1n) is 8.41. The molecule has 3 rings (SSSR count). The molecule has 1 aromatic carbocycles. The summed E-state index contributed by atoms with van der Waals surface area (Å²) in [6, 6.07) is 7.53. The van der Waals surface area contributed by atoms with Crippen molar-refractivity contribution in [2.75, 3.05) is 23.8 Å². The third kappa shape index (κ3) is 4.55. The average molecular weight is 382 g/mol. The van der Waals surface area contributed by atoms with Crippen molar-refractivity contribution in [1.29, 1.82) is 0 Å². The molecule has 1 aliphatic heterocycles. The molecular formula is C17H23N3O3S2. The summed E-state index contributed by atoms with van der Waals surface area (Å²) in [7, 11) is -3.01. The number of aromatic nitrogens is 2. The molecule has 2 aromatic rings. The highest BCUT2D eigenvalue weighted by atomic mass is 32.2. The SMILES string of the molecule is CC(C)CN(C(=O)CSc1nc2ccccc2[nH]1)[C@H]1CCS(=O)(=O)C1. The van der Waals surface area contributed by atoms with Gasteiger partial charge in [-0.2, -0.15) is 0 Å². The highest BCUT2D eigenvalue weighted by Crippen LogP contribution is 2.23. The van der Waals surface area contributed by atoms with Gasteiger partial charge in [0, 0.05) is 12.6 Å². The Kier molecular flexibility index (Phi) is 5.38. The fraction of sp³-hybridized carbons (Fsp3) is 0.529. The van der Waals surface area contributed by atoms with Crippen LogP contribution in [0.5, 0.6) is 0 Å². The summed E-state index contributed by atoms with van der Waals surface area (Å²) in [5.74, 6) is 0.782. The molecule has 0 unspecified atom stereocenters. The van der Waals surface area contributed by atoms with Crippen molar-refractivity contribution >= 4 is 38.5 Å². The van der Waals surface area contributed by atoms with E-state index in [2.05, 4.69) is 9.97 Å². The van der Waals surface area contributed by atoms with Crippen molar-refractivity contribution in [2.24, 2.45) is 5.92 Å². The fourth-order valence-electron chi connectivity index (χ4n) is 3.08. The Bertz CT molecular complexity index is 828. The van der Waals surface area contributed by atoms with E-state index in [9.17, 15) is 13.2 Å². The van der Waals surface area contributed by atoms with E-state index in [1.165, 1.54) is 11.8 Å². The molecular weight excluding hydrogens is 358 g/mol. The van der Waals surface area contributed by atoms with Crippen LogP contribution in [0.15, 0.2) is 29.4 Å². The number of hydrogen-bond donors (Lipinski definition) is 1. The van der Waals surface area contributed by atoms with Crippen LogP contribution in [0.3, 0.4) is 0 Å². The second-order valence-corrected chi connectivity index (χ2v) is 10.0. The predicted octanol–water partition coefficient (Wildman–Crippen LogP) is 2.33. The van der Waals surface area contributed by atoms with Crippen molar-refractivity contribution in [3.63, 3.8) is 0 Å². The summed E-state index contributed by atoms with van der Waals surface area (Å²) in [5, 5.41) is 0.707. The Morgan fingerprint density at radius 1 is 1.40 bits per heavy atom. The largest absolute Gasteiger partial charge is 0.338 e. The lowest BCUT2D eigenvalue weighted by Gasteiger charge is -2.29. The molecule has 0 bridgehead atoms. The highest BCUT2D eigenvalue weighted by Gasteiger charge is 2.34. The third-order valence-corrected chi connectivity index (χ3v) is 6.84. The number of benzene rings is 1. The van der Waals surface area contributed by atoms with Crippen LogP contribution in [0.25, 0.3) is 11.0 Å². The number of nitrogens with one attached hydrogen (secondary N) is 1. The maximum atomic E-state index is 12.7. The second-order valence-electron chi connectivity index (χ2n) is 6.84. The fourth-order valence-corrected chi connectivity index (χ4v) is 5.58. The zero-order valence-electron chi connectivity index (χ0n) is 14.4. The molecule has 1 fully saturated rings. The summed E-state index contributed by atoms with van der Waals surface area (Å²) in [4.78, 5) is 22.2. The minimum Gasteiger partial charge on any atom is -0.338 e. The second kappa shape index (κ2) is 7.37. The molecule has 1 amide bonds. The number of amides is 1. The van der Waals surface area contributed by atoms with E-state index in [4.69, 9.17) is 0 Å². The molecule has 1 atom stereocenters. The van der Waals surface area contributed by atoms with Gasteiger partial charge in [-0.1, -0.05) is 37.7 Å². The molecule has 2 heterocycles. The van der Waals surface area contributed by atoms with Crippen LogP contribution in [0.2, 0.25) is 0 Å². The zero-order valence-corrected chi connectivity index (χ0v) is 16.1. The van der Waals surface area contributed by atoms with Crippen LogP contribution in [0.1, 0.15) is 20.3 Å². The van der Waals surface area contributed by atoms with E-state index >= 15 is 0 Å². The predicted molar refractivity (Wildman–Crippen MR) is 100 cm³/mol. The van der Waals surface area contributed by atoms with E-state index in [0.717, 1.165) is 11.0 Å². The highest BCUT2D eigenvalue weighted by molar-refractivity contribution is 7.99. The van der Waals surface area contributed by atoms with Gasteiger partial charge >= 0.3 is 0 Å². The number of carbonyl (C=O) groups excluding carboxylic acids is 1. The molecule has 0 aliphatic carbocycles. The Morgan fingerprint density at radius 2 is 2.16 bits per heavy atom. The summed E-state index contributed by atoms with van der Waals surface area (Å²) >= 11 is 1.36. The first-order valence-corrected chi connectivity index (χ1v) is 11.2. The van der Waals surface area contributed by atoms with Crippen molar-refractivity contribution in [3.05, 3.63) is 24.3 Å². The smallest absolute Gasteiger partial charge is 0.233 e. The Labute approximate surface area is 152 Å². The number of rotatable bonds is 6. The number of carbonyl (C=O) groups is 1. The van der Waals surface area contributed by atoms with Crippen LogP contribution >= 0.6 is 11.8 Å². The van der Waals surface area contributed by atoms with Gasteiger partial charge < -0.3 is 9.88 Å². The van der Waals surface area contributed by atoms with E-state index in [1.54, 1.807) is 4.90 Å². The number of H-pyrrole nitrogens is 1. The lowest BCUT2D eigenvalue weighted by atomic mass is 10.1. The molecule has 8 heteroatoms. The van der Waals surface area contributed by atoms with Crippen LogP contribution in [0, 0.1) is 5.92 Å². The minimum atomic E-state index is -3.01. The first-order chi connectivity index (χ1) is 11.8. The maximum absolute atomic E-state index is 12.7. The lowest BCUT2D eigenvalue weighted by molar-refractivity contribution is -0.130. The number of para-hydroxylation sites is 2. The van der Waals surface area contributed by atoms with Gasteiger partial charge in [0.1, 0.15) is 0 Å². The number of aromatic amines is 1. The van der Waals surface area contributed by atoms with Gasteiger partial charge in [0.15, 0.2) is 15.0 Å². The summed E-state index contributed by atoms with van der Waals surface area (Å²) in [6.45, 7) is 4.66. The number of hydrogen-bond acceptors (Lipinski definition) is 5. The van der Waals surface area contributed by atoms with Gasteiger partial charge in [-0.05, 0) is 24.5 Å². The topological polar surface area (TPSA) is 83.1 Å². The number of fused-ring (bicyclic) bond motifs is 1. The Morgan fingerprint density at radius 3 is 2.80 bits per heavy atom. The van der Waals surface area contributed by atoms with Crippen LogP contribution in [-0.2, 0) is 14.6 Å². The van der Waals surface area contributed by atoms with Gasteiger partial charge in [0.05, 0.1) is 28.3 Å². The number of thioether (sulfide) groups is 1. The molecule has 6 nitrogen and oxygen atoms in total. The van der Waals surface area contributed by atoms with Gasteiger partial charge in [-0.25, -0.2) is 13.4 Å². The lowest BCUT2D eigenvalue weighted by Crippen LogP contribution is -2.44. The number of imidazole rings is 1. The Hall–Kier alpha value is -1.54. The quantitative estimate of drug-likeness (QED) is 0.777. The molecule has 1 aromatic heterocycles. The van der Waals surface area contributed by atoms with Crippen LogP contribution in [0.4, 0.5) is 0 Å². The van der Waals surface area contributed by atoms with Gasteiger partial charge in [0.25, 0.3) is 0 Å². The number of sulfone groups is 1. The van der Waals surface area contributed by atoms with Crippen LogP contribution < -0.4 is 0 Å². The van der Waals surface area contributed by atoms with E-state index < -0.39 is 9.84 Å². The number of nitrogens with zero attached hydrogens (tertiary/aromatic N) is 2. The van der Waals surface area contributed by atoms with Crippen molar-refractivity contribution in [3.8, 4) is 0 Å². The van der Waals surface area contributed by atoms with Crippen molar-refractivity contribution in [1.82, 2.24) is 14.9 Å². The average Bonchev–Trinajstić information content (AvgIpc) is 3.12. The third-order valence-electron chi connectivity index (χ3n) is 4.23. The first kappa shape index (κ1) is 18.3. The minimum absolute atomic E-state index is 0.0266. The molecule has 1 saturated heterocycles. The monoisotopic (exact) mass is 381 g/mol. The molecule has 0 radical (unpaired) electrons. The normalized spacial score (nSPS) is 19.6. The standard InChI is InChI=1S/C17H23N3O3S2/c1-12(2)9-20(13-7-8-25(22,23)11-13)16(21)10-24-17-18-14-5-3-4-6-15(14)19-17/h3-6,12-13H,7-11H2,1-2H3,(H,18,19)/t13-/m0/s1. The van der Waals surface area contributed by atoms with E-state index in [1.807, 2.05) is 38.1 Å². The molecule has 25 heavy (non-hydrogen) atoms. The van der Waals surface area contributed by atoms with Gasteiger partial charge in [-0.3, -0.25) is 4.79 Å². The molecule has 1 N–H and O–H groups in total.